The number of nitrogens with two attached hydrogens (primary N) is 1. The van der Waals surface area contributed by atoms with E-state index in [4.69, 9.17) is 5.73 Å². The Morgan fingerprint density at radius 3 is 2.40 bits per heavy atom. The molecule has 1 aromatic heterocycles. The van der Waals surface area contributed by atoms with E-state index in [2.05, 4.69) is 25.5 Å². The minimum atomic E-state index is -0.523. The number of para-hydroxylation sites is 1. The van der Waals surface area contributed by atoms with Crippen LogP contribution in [-0.2, 0) is 0 Å². The number of rotatable bonds is 8. The van der Waals surface area contributed by atoms with E-state index in [-0.39, 0.29) is 11.9 Å². The van der Waals surface area contributed by atoms with Gasteiger partial charge >= 0.3 is 0 Å². The summed E-state index contributed by atoms with van der Waals surface area (Å²) in [5.41, 5.74) is 8.84. The molecule has 0 radical (unpaired) electrons. The molecule has 0 aliphatic carbocycles. The SMILES string of the molecule is NC(=O)c1cccc2c(NC(CN3CCC3)c3ccc(NC(=O)c4ccccc4)cc3)ncnc12. The molecule has 1 aliphatic rings. The fourth-order valence-corrected chi connectivity index (χ4v) is 4.21. The van der Waals surface area contributed by atoms with Gasteiger partial charge in [0, 0.05) is 23.2 Å². The summed E-state index contributed by atoms with van der Waals surface area (Å²) in [5, 5.41) is 7.24. The number of benzene rings is 3. The molecule has 1 aliphatic heterocycles. The summed E-state index contributed by atoms with van der Waals surface area (Å²) in [4.78, 5) is 35.5. The summed E-state index contributed by atoms with van der Waals surface area (Å²) < 4.78 is 0. The van der Waals surface area contributed by atoms with Crippen molar-refractivity contribution in [1.82, 2.24) is 14.9 Å². The molecule has 1 saturated heterocycles. The van der Waals surface area contributed by atoms with Gasteiger partial charge in [0.15, 0.2) is 0 Å². The normalized spacial score (nSPS) is 14.2. The van der Waals surface area contributed by atoms with Gasteiger partial charge < -0.3 is 21.3 Å². The van der Waals surface area contributed by atoms with Gasteiger partial charge in [0.05, 0.1) is 17.1 Å². The van der Waals surface area contributed by atoms with Gasteiger partial charge in [-0.25, -0.2) is 9.97 Å². The third kappa shape index (κ3) is 4.97. The number of hydrogen-bond acceptors (Lipinski definition) is 6. The molecular formula is C27H26N6O2. The van der Waals surface area contributed by atoms with Gasteiger partial charge in [-0.3, -0.25) is 9.59 Å². The van der Waals surface area contributed by atoms with E-state index < -0.39 is 5.91 Å². The maximum absolute atomic E-state index is 12.5. The Hall–Kier alpha value is -4.30. The van der Waals surface area contributed by atoms with Crippen molar-refractivity contribution in [2.45, 2.75) is 12.5 Å². The Morgan fingerprint density at radius 2 is 1.71 bits per heavy atom. The van der Waals surface area contributed by atoms with E-state index >= 15 is 0 Å². The number of carbonyl (C=O) groups excluding carboxylic acids is 2. The highest BCUT2D eigenvalue weighted by Crippen LogP contribution is 2.28. The van der Waals surface area contributed by atoms with Crippen LogP contribution in [0, 0.1) is 0 Å². The monoisotopic (exact) mass is 466 g/mol. The third-order valence-corrected chi connectivity index (χ3v) is 6.24. The molecule has 1 fully saturated rings. The van der Waals surface area contributed by atoms with E-state index in [9.17, 15) is 9.59 Å². The first kappa shape index (κ1) is 22.5. The Bertz CT molecular complexity index is 1350. The maximum Gasteiger partial charge on any atom is 0.255 e. The number of likely N-dealkylation sites (tertiary alicyclic amines) is 1. The molecule has 5 rings (SSSR count). The largest absolute Gasteiger partial charge is 0.366 e. The van der Waals surface area contributed by atoms with Crippen LogP contribution in [0.25, 0.3) is 10.9 Å². The third-order valence-electron chi connectivity index (χ3n) is 6.24. The second kappa shape index (κ2) is 9.90. The summed E-state index contributed by atoms with van der Waals surface area (Å²) >= 11 is 0. The summed E-state index contributed by atoms with van der Waals surface area (Å²) in [7, 11) is 0. The zero-order valence-corrected chi connectivity index (χ0v) is 19.1. The molecule has 0 bridgehead atoms. The van der Waals surface area contributed by atoms with Crippen LogP contribution in [0.1, 0.15) is 38.7 Å². The first-order valence-corrected chi connectivity index (χ1v) is 11.6. The van der Waals surface area contributed by atoms with Crippen LogP contribution in [0.3, 0.4) is 0 Å². The Morgan fingerprint density at radius 1 is 0.943 bits per heavy atom. The number of nitrogens with one attached hydrogen (secondary N) is 2. The number of carbonyl (C=O) groups is 2. The maximum atomic E-state index is 12.5. The Balaban J connectivity index is 1.40. The fourth-order valence-electron chi connectivity index (χ4n) is 4.21. The number of hydrogen-bond donors (Lipinski definition) is 3. The highest BCUT2D eigenvalue weighted by molar-refractivity contribution is 6.07. The van der Waals surface area contributed by atoms with Gasteiger partial charge in [0.1, 0.15) is 12.1 Å². The number of fused-ring (bicyclic) bond motifs is 1. The highest BCUT2D eigenvalue weighted by Gasteiger charge is 2.22. The molecule has 0 saturated carbocycles. The van der Waals surface area contributed by atoms with E-state index in [1.165, 1.54) is 12.7 Å². The molecular weight excluding hydrogens is 440 g/mol. The lowest BCUT2D eigenvalue weighted by Crippen LogP contribution is -2.41. The molecule has 0 spiro atoms. The predicted molar refractivity (Wildman–Crippen MR) is 136 cm³/mol. The standard InChI is InChI=1S/C27H26N6O2/c28-25(34)21-8-4-9-22-24(21)29-17-30-26(22)32-23(16-33-14-5-15-33)18-10-12-20(13-11-18)31-27(35)19-6-2-1-3-7-19/h1-4,6-13,17,23H,5,14-16H2,(H2,28,34)(H,31,35)(H,29,30,32). The molecule has 1 atom stereocenters. The summed E-state index contributed by atoms with van der Waals surface area (Å²) in [6, 6.07) is 22.2. The van der Waals surface area contributed by atoms with Crippen LogP contribution in [0.2, 0.25) is 0 Å². The number of aromatic nitrogens is 2. The number of nitrogens with zero attached hydrogens (tertiary/aromatic N) is 3. The zero-order valence-electron chi connectivity index (χ0n) is 19.1. The van der Waals surface area contributed by atoms with Crippen LogP contribution < -0.4 is 16.4 Å². The van der Waals surface area contributed by atoms with Crippen molar-refractivity contribution in [2.75, 3.05) is 30.3 Å². The molecule has 1 unspecified atom stereocenters. The minimum Gasteiger partial charge on any atom is -0.366 e. The molecule has 4 aromatic rings. The van der Waals surface area contributed by atoms with Crippen LogP contribution in [0.5, 0.6) is 0 Å². The lowest BCUT2D eigenvalue weighted by atomic mass is 10.0. The number of anilines is 2. The first-order valence-electron chi connectivity index (χ1n) is 11.6. The molecule has 35 heavy (non-hydrogen) atoms. The van der Waals surface area contributed by atoms with Gasteiger partial charge in [-0.05, 0) is 61.5 Å². The second-order valence-electron chi connectivity index (χ2n) is 8.58. The van der Waals surface area contributed by atoms with Gasteiger partial charge in [-0.15, -0.1) is 0 Å². The van der Waals surface area contributed by atoms with Crippen molar-refractivity contribution in [3.05, 3.63) is 95.8 Å². The lowest BCUT2D eigenvalue weighted by Gasteiger charge is -2.35. The summed E-state index contributed by atoms with van der Waals surface area (Å²) in [5.74, 6) is -0.0260. The lowest BCUT2D eigenvalue weighted by molar-refractivity contribution is 0.0999. The van der Waals surface area contributed by atoms with Crippen molar-refractivity contribution < 1.29 is 9.59 Å². The van der Waals surface area contributed by atoms with Crippen molar-refractivity contribution in [1.29, 1.82) is 0 Å². The van der Waals surface area contributed by atoms with E-state index in [0.717, 1.165) is 36.3 Å². The Labute approximate surface area is 203 Å². The van der Waals surface area contributed by atoms with E-state index in [1.807, 2.05) is 48.5 Å². The molecule has 8 nitrogen and oxygen atoms in total. The second-order valence-corrected chi connectivity index (χ2v) is 8.58. The fraction of sp³-hybridized carbons (Fsp3) is 0.185. The number of primary amides is 1. The predicted octanol–water partition coefficient (Wildman–Crippen LogP) is 3.84. The van der Waals surface area contributed by atoms with Crippen LogP contribution in [0.4, 0.5) is 11.5 Å². The van der Waals surface area contributed by atoms with Gasteiger partial charge in [0.2, 0.25) is 0 Å². The minimum absolute atomic E-state index is 0.0514. The molecule has 176 valence electrons. The number of amides is 2. The van der Waals surface area contributed by atoms with Crippen LogP contribution in [-0.4, -0.2) is 46.3 Å². The summed E-state index contributed by atoms with van der Waals surface area (Å²) in [6.45, 7) is 2.91. The highest BCUT2D eigenvalue weighted by atomic mass is 16.2. The van der Waals surface area contributed by atoms with Crippen molar-refractivity contribution >= 4 is 34.2 Å². The zero-order chi connectivity index (χ0) is 24.2. The first-order chi connectivity index (χ1) is 17.1. The topological polar surface area (TPSA) is 113 Å². The molecule has 2 heterocycles. The van der Waals surface area contributed by atoms with Gasteiger partial charge in [0.25, 0.3) is 11.8 Å². The van der Waals surface area contributed by atoms with Crippen LogP contribution >= 0.6 is 0 Å². The van der Waals surface area contributed by atoms with E-state index in [0.29, 0.717) is 22.5 Å². The van der Waals surface area contributed by atoms with Crippen molar-refractivity contribution in [3.63, 3.8) is 0 Å². The average molecular weight is 467 g/mol. The summed E-state index contributed by atoms with van der Waals surface area (Å²) in [6.07, 6.45) is 2.63. The smallest absolute Gasteiger partial charge is 0.255 e. The molecule has 2 amide bonds. The quantitative estimate of drug-likeness (QED) is 0.364. The van der Waals surface area contributed by atoms with Crippen LogP contribution in [0.15, 0.2) is 79.1 Å². The van der Waals surface area contributed by atoms with Gasteiger partial charge in [-0.2, -0.15) is 0 Å². The average Bonchev–Trinajstić information content (AvgIpc) is 2.86. The molecule has 4 N–H and O–H groups in total. The van der Waals surface area contributed by atoms with Crippen molar-refractivity contribution in [3.8, 4) is 0 Å². The molecule has 3 aromatic carbocycles. The Kier molecular flexibility index (Phi) is 6.36. The van der Waals surface area contributed by atoms with E-state index in [1.54, 1.807) is 24.3 Å². The van der Waals surface area contributed by atoms with Gasteiger partial charge in [-0.1, -0.05) is 36.4 Å². The van der Waals surface area contributed by atoms with Crippen molar-refractivity contribution in [2.24, 2.45) is 5.73 Å². The molecule has 8 heteroatoms.